The van der Waals surface area contributed by atoms with Crippen molar-refractivity contribution in [3.8, 4) is 6.01 Å². The maximum atomic E-state index is 11.6. The lowest BCUT2D eigenvalue weighted by atomic mass is 10.3. The number of likely N-dealkylation sites (N-methyl/N-ethyl adjacent to an activating group) is 1. The van der Waals surface area contributed by atoms with Crippen molar-refractivity contribution in [1.82, 2.24) is 20.3 Å². The highest BCUT2D eigenvalue weighted by molar-refractivity contribution is 5.83. The van der Waals surface area contributed by atoms with Gasteiger partial charge in [-0.05, 0) is 27.7 Å². The van der Waals surface area contributed by atoms with Crippen LogP contribution in [0.3, 0.4) is 0 Å². The van der Waals surface area contributed by atoms with Gasteiger partial charge in [0.1, 0.15) is 6.04 Å². The lowest BCUT2D eigenvalue weighted by molar-refractivity contribution is -0.121. The van der Waals surface area contributed by atoms with Crippen molar-refractivity contribution in [3.63, 3.8) is 0 Å². The van der Waals surface area contributed by atoms with E-state index < -0.39 is 6.04 Å². The minimum Gasteiger partial charge on any atom is -0.461 e. The SMILES string of the molecule is CCNC(=O)C(C)Nc1nc(NN)nc(OC(C)C)n1. The molecule has 1 rings (SSSR count). The Morgan fingerprint density at radius 1 is 1.25 bits per heavy atom. The van der Waals surface area contributed by atoms with Crippen LogP contribution in [0.4, 0.5) is 11.9 Å². The number of aromatic nitrogens is 3. The zero-order valence-corrected chi connectivity index (χ0v) is 12.1. The molecule has 0 spiro atoms. The summed E-state index contributed by atoms with van der Waals surface area (Å²) in [5, 5.41) is 5.56. The quantitative estimate of drug-likeness (QED) is 0.403. The highest BCUT2D eigenvalue weighted by Gasteiger charge is 2.15. The van der Waals surface area contributed by atoms with E-state index in [1.807, 2.05) is 20.8 Å². The average Bonchev–Trinajstić information content (AvgIpc) is 2.37. The number of carbonyl (C=O) groups excluding carboxylic acids is 1. The summed E-state index contributed by atoms with van der Waals surface area (Å²) < 4.78 is 5.39. The van der Waals surface area contributed by atoms with E-state index in [1.165, 1.54) is 0 Å². The van der Waals surface area contributed by atoms with E-state index in [9.17, 15) is 4.79 Å². The minimum absolute atomic E-state index is 0.0864. The molecule has 0 radical (unpaired) electrons. The van der Waals surface area contributed by atoms with Crippen LogP contribution < -0.4 is 26.6 Å². The van der Waals surface area contributed by atoms with E-state index in [0.717, 1.165) is 0 Å². The molecule has 0 bridgehead atoms. The lowest BCUT2D eigenvalue weighted by Crippen LogP contribution is -2.37. The van der Waals surface area contributed by atoms with Crippen LogP contribution >= 0.6 is 0 Å². The first-order chi connectivity index (χ1) is 9.46. The van der Waals surface area contributed by atoms with Crippen LogP contribution in [-0.2, 0) is 4.79 Å². The molecule has 9 heteroatoms. The number of ether oxygens (including phenoxy) is 1. The molecular formula is C11H21N7O2. The van der Waals surface area contributed by atoms with E-state index in [0.29, 0.717) is 6.54 Å². The third kappa shape index (κ3) is 4.84. The molecule has 0 aromatic carbocycles. The molecule has 0 aliphatic heterocycles. The monoisotopic (exact) mass is 283 g/mol. The highest BCUT2D eigenvalue weighted by atomic mass is 16.5. The van der Waals surface area contributed by atoms with Gasteiger partial charge >= 0.3 is 6.01 Å². The molecule has 1 aromatic rings. The van der Waals surface area contributed by atoms with E-state index in [4.69, 9.17) is 10.6 Å². The van der Waals surface area contributed by atoms with Crippen LogP contribution in [0.15, 0.2) is 0 Å². The topological polar surface area (TPSA) is 127 Å². The fraction of sp³-hybridized carbons (Fsp3) is 0.636. The molecular weight excluding hydrogens is 262 g/mol. The van der Waals surface area contributed by atoms with Gasteiger partial charge in [-0.3, -0.25) is 10.2 Å². The van der Waals surface area contributed by atoms with Gasteiger partial charge in [0.15, 0.2) is 0 Å². The fourth-order valence-corrected chi connectivity index (χ4v) is 1.34. The van der Waals surface area contributed by atoms with Crippen LogP contribution in [0.2, 0.25) is 0 Å². The summed E-state index contributed by atoms with van der Waals surface area (Å²) in [6, 6.07) is -0.358. The Kier molecular flexibility index (Phi) is 5.91. The first-order valence-corrected chi connectivity index (χ1v) is 6.39. The summed E-state index contributed by atoms with van der Waals surface area (Å²) in [6.07, 6.45) is -0.0864. The first-order valence-electron chi connectivity index (χ1n) is 6.39. The number of hydrazine groups is 1. The van der Waals surface area contributed by atoms with Crippen molar-refractivity contribution in [2.75, 3.05) is 17.3 Å². The van der Waals surface area contributed by atoms with E-state index in [-0.39, 0.29) is 29.9 Å². The van der Waals surface area contributed by atoms with Gasteiger partial charge in [0, 0.05) is 6.54 Å². The molecule has 1 aromatic heterocycles. The van der Waals surface area contributed by atoms with Gasteiger partial charge in [-0.1, -0.05) is 0 Å². The average molecular weight is 283 g/mol. The van der Waals surface area contributed by atoms with Crippen molar-refractivity contribution in [3.05, 3.63) is 0 Å². The Labute approximate surface area is 117 Å². The van der Waals surface area contributed by atoms with Crippen LogP contribution in [-0.4, -0.2) is 39.5 Å². The number of hydrogen-bond donors (Lipinski definition) is 4. The lowest BCUT2D eigenvalue weighted by Gasteiger charge is -2.15. The Bertz CT molecular complexity index is 452. The molecule has 0 saturated heterocycles. The summed E-state index contributed by atoms with van der Waals surface area (Å²) in [4.78, 5) is 23.7. The molecule has 0 aliphatic carbocycles. The van der Waals surface area contributed by atoms with E-state index in [2.05, 4.69) is 31.0 Å². The van der Waals surface area contributed by atoms with Crippen LogP contribution in [0.1, 0.15) is 27.7 Å². The number of carbonyl (C=O) groups is 1. The molecule has 0 fully saturated rings. The second-order valence-corrected chi connectivity index (χ2v) is 4.34. The summed E-state index contributed by atoms with van der Waals surface area (Å²) in [7, 11) is 0. The van der Waals surface area contributed by atoms with E-state index >= 15 is 0 Å². The maximum Gasteiger partial charge on any atom is 0.323 e. The number of anilines is 2. The standard InChI is InChI=1S/C11H21N7O2/c1-5-13-8(19)7(4)14-9-15-10(18-12)17-11(16-9)20-6(2)3/h6-7H,5,12H2,1-4H3,(H,13,19)(H2,14,15,16,17,18). The number of hydrogen-bond acceptors (Lipinski definition) is 8. The van der Waals surface area contributed by atoms with Crippen molar-refractivity contribution in [2.45, 2.75) is 39.8 Å². The molecule has 0 aliphatic rings. The second kappa shape index (κ2) is 7.43. The summed E-state index contributed by atoms with van der Waals surface area (Å²) in [6.45, 7) is 7.80. The molecule has 0 saturated carbocycles. The van der Waals surface area contributed by atoms with Gasteiger partial charge in [-0.25, -0.2) is 5.84 Å². The summed E-state index contributed by atoms with van der Waals surface area (Å²) in [5.41, 5.74) is 2.33. The first kappa shape index (κ1) is 15.9. The molecule has 1 unspecified atom stereocenters. The molecule has 20 heavy (non-hydrogen) atoms. The Hall–Kier alpha value is -2.16. The minimum atomic E-state index is -0.491. The van der Waals surface area contributed by atoms with Gasteiger partial charge in [0.2, 0.25) is 17.8 Å². The number of rotatable bonds is 7. The summed E-state index contributed by atoms with van der Waals surface area (Å²) >= 11 is 0. The molecule has 9 nitrogen and oxygen atoms in total. The molecule has 1 amide bonds. The Balaban J connectivity index is 2.85. The second-order valence-electron chi connectivity index (χ2n) is 4.34. The van der Waals surface area contributed by atoms with Gasteiger partial charge in [0.25, 0.3) is 0 Å². The van der Waals surface area contributed by atoms with Crippen LogP contribution in [0.5, 0.6) is 6.01 Å². The predicted molar refractivity (Wildman–Crippen MR) is 75.2 cm³/mol. The van der Waals surface area contributed by atoms with E-state index in [1.54, 1.807) is 6.92 Å². The van der Waals surface area contributed by atoms with Gasteiger partial charge in [-0.15, -0.1) is 0 Å². The van der Waals surface area contributed by atoms with Crippen molar-refractivity contribution < 1.29 is 9.53 Å². The fourth-order valence-electron chi connectivity index (χ4n) is 1.34. The zero-order valence-electron chi connectivity index (χ0n) is 12.1. The van der Waals surface area contributed by atoms with Crippen molar-refractivity contribution >= 4 is 17.8 Å². The zero-order chi connectivity index (χ0) is 15.1. The number of nitrogens with zero attached hydrogens (tertiary/aromatic N) is 3. The molecule has 1 atom stereocenters. The number of nitrogens with one attached hydrogen (secondary N) is 3. The van der Waals surface area contributed by atoms with Crippen LogP contribution in [0.25, 0.3) is 0 Å². The number of amides is 1. The third-order valence-electron chi connectivity index (χ3n) is 2.18. The van der Waals surface area contributed by atoms with Crippen molar-refractivity contribution in [1.29, 1.82) is 0 Å². The smallest absolute Gasteiger partial charge is 0.323 e. The van der Waals surface area contributed by atoms with Crippen LogP contribution in [0, 0.1) is 0 Å². The molecule has 1 heterocycles. The number of nitrogen functional groups attached to an aromatic ring is 1. The normalized spacial score (nSPS) is 11.9. The Morgan fingerprint density at radius 3 is 2.45 bits per heavy atom. The predicted octanol–water partition coefficient (Wildman–Crippen LogP) is -0.119. The molecule has 5 N–H and O–H groups in total. The molecule has 112 valence electrons. The Morgan fingerprint density at radius 2 is 1.90 bits per heavy atom. The van der Waals surface area contributed by atoms with Gasteiger partial charge in [0.05, 0.1) is 6.10 Å². The van der Waals surface area contributed by atoms with Gasteiger partial charge < -0.3 is 15.4 Å². The largest absolute Gasteiger partial charge is 0.461 e. The number of nitrogens with two attached hydrogens (primary N) is 1. The van der Waals surface area contributed by atoms with Crippen molar-refractivity contribution in [2.24, 2.45) is 5.84 Å². The highest BCUT2D eigenvalue weighted by Crippen LogP contribution is 2.12. The summed E-state index contributed by atoms with van der Waals surface area (Å²) in [5.74, 6) is 5.50. The maximum absolute atomic E-state index is 11.6. The van der Waals surface area contributed by atoms with Gasteiger partial charge in [-0.2, -0.15) is 15.0 Å². The third-order valence-corrected chi connectivity index (χ3v) is 2.18.